The summed E-state index contributed by atoms with van der Waals surface area (Å²) < 4.78 is 0. The monoisotopic (exact) mass is 268 g/mol. The number of para-hydroxylation sites is 1. The number of anilines is 2. The molecule has 3 rings (SSSR count). The minimum atomic E-state index is 0.848. The van der Waals surface area contributed by atoms with E-state index in [1.165, 1.54) is 22.5 Å². The third-order valence-electron chi connectivity index (χ3n) is 3.82. The molecule has 0 atom stereocenters. The number of nitrogens with one attached hydrogen (secondary N) is 1. The van der Waals surface area contributed by atoms with Crippen molar-refractivity contribution < 1.29 is 0 Å². The van der Waals surface area contributed by atoms with Gasteiger partial charge in [0.1, 0.15) is 11.6 Å². The van der Waals surface area contributed by atoms with Crippen molar-refractivity contribution in [2.45, 2.75) is 26.8 Å². The first-order valence-electron chi connectivity index (χ1n) is 7.03. The quantitative estimate of drug-likeness (QED) is 0.908. The van der Waals surface area contributed by atoms with Crippen molar-refractivity contribution in [3.8, 4) is 0 Å². The van der Waals surface area contributed by atoms with Crippen molar-refractivity contribution in [3.05, 3.63) is 46.9 Å². The minimum absolute atomic E-state index is 0.848. The van der Waals surface area contributed by atoms with Crippen LogP contribution < -0.4 is 10.2 Å². The van der Waals surface area contributed by atoms with Crippen molar-refractivity contribution >= 4 is 11.5 Å². The summed E-state index contributed by atoms with van der Waals surface area (Å²) in [6.07, 6.45) is 0.979. The molecule has 1 aromatic heterocycles. The third kappa shape index (κ3) is 2.27. The summed E-state index contributed by atoms with van der Waals surface area (Å²) in [5.74, 6) is 1.87. The highest BCUT2D eigenvalue weighted by molar-refractivity contribution is 5.66. The van der Waals surface area contributed by atoms with Crippen LogP contribution in [0.25, 0.3) is 0 Å². The van der Waals surface area contributed by atoms with Gasteiger partial charge in [0, 0.05) is 37.8 Å². The van der Waals surface area contributed by atoms with Crippen molar-refractivity contribution in [3.63, 3.8) is 0 Å². The summed E-state index contributed by atoms with van der Waals surface area (Å²) in [4.78, 5) is 11.5. The van der Waals surface area contributed by atoms with Gasteiger partial charge in [-0.05, 0) is 25.5 Å². The summed E-state index contributed by atoms with van der Waals surface area (Å²) in [5, 5.41) is 3.42. The number of rotatable bonds is 2. The van der Waals surface area contributed by atoms with Crippen LogP contribution in [-0.2, 0) is 13.0 Å². The Labute approximate surface area is 119 Å². The van der Waals surface area contributed by atoms with Crippen LogP contribution in [0.1, 0.15) is 22.6 Å². The molecule has 104 valence electrons. The van der Waals surface area contributed by atoms with E-state index >= 15 is 0 Å². The second kappa shape index (κ2) is 5.21. The van der Waals surface area contributed by atoms with E-state index in [4.69, 9.17) is 0 Å². The first-order valence-corrected chi connectivity index (χ1v) is 7.03. The Hall–Kier alpha value is -1.94. The predicted octanol–water partition coefficient (Wildman–Crippen LogP) is 2.51. The summed E-state index contributed by atoms with van der Waals surface area (Å²) >= 11 is 0. The molecule has 4 heteroatoms. The highest BCUT2D eigenvalue weighted by Crippen LogP contribution is 2.30. The Kier molecular flexibility index (Phi) is 3.40. The lowest BCUT2D eigenvalue weighted by Gasteiger charge is -2.26. The molecular formula is C16H20N4. The van der Waals surface area contributed by atoms with Crippen LogP contribution in [0.15, 0.2) is 24.3 Å². The van der Waals surface area contributed by atoms with Crippen LogP contribution in [0, 0.1) is 13.8 Å². The highest BCUT2D eigenvalue weighted by atomic mass is 15.2. The van der Waals surface area contributed by atoms with Gasteiger partial charge in [0.25, 0.3) is 0 Å². The summed E-state index contributed by atoms with van der Waals surface area (Å²) in [6.45, 7) is 5.94. The molecule has 0 aliphatic carbocycles. The van der Waals surface area contributed by atoms with Gasteiger partial charge in [-0.1, -0.05) is 18.2 Å². The lowest BCUT2D eigenvalue weighted by Crippen LogP contribution is -2.28. The van der Waals surface area contributed by atoms with Gasteiger partial charge in [0.05, 0.1) is 5.69 Å². The van der Waals surface area contributed by atoms with Gasteiger partial charge in [-0.25, -0.2) is 9.97 Å². The maximum absolute atomic E-state index is 4.68. The van der Waals surface area contributed by atoms with E-state index in [1.807, 2.05) is 6.92 Å². The van der Waals surface area contributed by atoms with Crippen LogP contribution in [0.5, 0.6) is 0 Å². The summed E-state index contributed by atoms with van der Waals surface area (Å²) in [5.41, 5.74) is 4.86. The number of aromatic nitrogens is 2. The van der Waals surface area contributed by atoms with E-state index in [0.717, 1.165) is 31.2 Å². The molecule has 0 radical (unpaired) electrons. The van der Waals surface area contributed by atoms with Gasteiger partial charge in [-0.15, -0.1) is 0 Å². The molecule has 0 spiro atoms. The minimum Gasteiger partial charge on any atom is -0.329 e. The number of hydrogen-bond donors (Lipinski definition) is 1. The van der Waals surface area contributed by atoms with Crippen molar-refractivity contribution in [1.82, 2.24) is 15.3 Å². The van der Waals surface area contributed by atoms with Gasteiger partial charge < -0.3 is 10.2 Å². The molecule has 1 N–H and O–H groups in total. The molecule has 1 aliphatic rings. The predicted molar refractivity (Wildman–Crippen MR) is 81.4 cm³/mol. The zero-order chi connectivity index (χ0) is 14.1. The first kappa shape index (κ1) is 13.1. The molecule has 0 saturated carbocycles. The maximum Gasteiger partial charge on any atom is 0.141 e. The van der Waals surface area contributed by atoms with Crippen molar-refractivity contribution in [1.29, 1.82) is 0 Å². The Bertz CT molecular complexity index is 636. The summed E-state index contributed by atoms with van der Waals surface area (Å²) in [6, 6.07) is 8.40. The average Bonchev–Trinajstić information content (AvgIpc) is 2.46. The smallest absolute Gasteiger partial charge is 0.141 e. The summed E-state index contributed by atoms with van der Waals surface area (Å²) in [7, 11) is 2.08. The molecule has 2 heterocycles. The Morgan fingerprint density at radius 1 is 1.15 bits per heavy atom. The maximum atomic E-state index is 4.68. The molecule has 4 nitrogen and oxygen atoms in total. The molecular weight excluding hydrogens is 248 g/mol. The van der Waals surface area contributed by atoms with Gasteiger partial charge in [-0.2, -0.15) is 0 Å². The zero-order valence-electron chi connectivity index (χ0n) is 12.3. The fourth-order valence-corrected chi connectivity index (χ4v) is 2.78. The van der Waals surface area contributed by atoms with Crippen LogP contribution in [-0.4, -0.2) is 23.6 Å². The van der Waals surface area contributed by atoms with E-state index in [9.17, 15) is 0 Å². The van der Waals surface area contributed by atoms with E-state index in [0.29, 0.717) is 0 Å². The Balaban J connectivity index is 2.10. The molecule has 1 aromatic carbocycles. The molecule has 0 unspecified atom stereocenters. The van der Waals surface area contributed by atoms with Crippen LogP contribution in [0.3, 0.4) is 0 Å². The topological polar surface area (TPSA) is 41.1 Å². The Morgan fingerprint density at radius 2 is 1.95 bits per heavy atom. The molecule has 1 aliphatic heterocycles. The largest absolute Gasteiger partial charge is 0.329 e. The van der Waals surface area contributed by atoms with Gasteiger partial charge in [0.15, 0.2) is 0 Å². The van der Waals surface area contributed by atoms with Crippen molar-refractivity contribution in [2.24, 2.45) is 0 Å². The number of nitrogens with zero attached hydrogens (tertiary/aromatic N) is 3. The first-order chi connectivity index (χ1) is 9.66. The lowest BCUT2D eigenvalue weighted by atomic mass is 10.1. The second-order valence-corrected chi connectivity index (χ2v) is 5.29. The van der Waals surface area contributed by atoms with Crippen LogP contribution >= 0.6 is 0 Å². The van der Waals surface area contributed by atoms with Gasteiger partial charge in [0.2, 0.25) is 0 Å². The van der Waals surface area contributed by atoms with E-state index < -0.39 is 0 Å². The third-order valence-corrected chi connectivity index (χ3v) is 3.82. The normalized spacial score (nSPS) is 13.9. The van der Waals surface area contributed by atoms with E-state index in [1.54, 1.807) is 0 Å². The molecule has 0 amide bonds. The zero-order valence-corrected chi connectivity index (χ0v) is 12.3. The number of hydrogen-bond acceptors (Lipinski definition) is 4. The number of aryl methyl sites for hydroxylation is 2. The molecule has 0 bridgehead atoms. The SMILES string of the molecule is Cc1nc2c(c(N(C)c3ccccc3C)n1)CNCC2. The van der Waals surface area contributed by atoms with E-state index in [2.05, 4.69) is 58.4 Å². The van der Waals surface area contributed by atoms with Crippen LogP contribution in [0.4, 0.5) is 11.5 Å². The molecule has 20 heavy (non-hydrogen) atoms. The van der Waals surface area contributed by atoms with Crippen molar-refractivity contribution in [2.75, 3.05) is 18.5 Å². The highest BCUT2D eigenvalue weighted by Gasteiger charge is 2.20. The standard InChI is InChI=1S/C16H20N4/c1-11-6-4-5-7-15(11)20(3)16-13-10-17-9-8-14(13)18-12(2)19-16/h4-7,17H,8-10H2,1-3H3. The number of benzene rings is 1. The van der Waals surface area contributed by atoms with Gasteiger partial charge in [-0.3, -0.25) is 0 Å². The number of fused-ring (bicyclic) bond motifs is 1. The second-order valence-electron chi connectivity index (χ2n) is 5.29. The molecule has 0 fully saturated rings. The van der Waals surface area contributed by atoms with Crippen LogP contribution in [0.2, 0.25) is 0 Å². The molecule has 0 saturated heterocycles. The lowest BCUT2D eigenvalue weighted by molar-refractivity contribution is 0.622. The fraction of sp³-hybridized carbons (Fsp3) is 0.375. The van der Waals surface area contributed by atoms with E-state index in [-0.39, 0.29) is 0 Å². The fourth-order valence-electron chi connectivity index (χ4n) is 2.78. The molecule has 2 aromatic rings. The van der Waals surface area contributed by atoms with Gasteiger partial charge >= 0.3 is 0 Å². The average molecular weight is 268 g/mol. The Morgan fingerprint density at radius 3 is 2.75 bits per heavy atom.